The molecular formula is C21H25N7O. The topological polar surface area (TPSA) is 79.2 Å². The molecule has 1 aliphatic heterocycles. The number of anilines is 2. The van der Waals surface area contributed by atoms with Crippen molar-refractivity contribution in [2.45, 2.75) is 19.8 Å². The van der Waals surface area contributed by atoms with Crippen LogP contribution >= 0.6 is 0 Å². The summed E-state index contributed by atoms with van der Waals surface area (Å²) in [6.45, 7) is 6.91. The van der Waals surface area contributed by atoms with E-state index in [0.29, 0.717) is 37.9 Å². The summed E-state index contributed by atoms with van der Waals surface area (Å²) in [7, 11) is 0. The van der Waals surface area contributed by atoms with Gasteiger partial charge in [-0.25, -0.2) is 9.78 Å². The van der Waals surface area contributed by atoms with Crippen molar-refractivity contribution in [3.63, 3.8) is 0 Å². The van der Waals surface area contributed by atoms with Gasteiger partial charge in [-0.2, -0.15) is 0 Å². The summed E-state index contributed by atoms with van der Waals surface area (Å²) < 4.78 is 1.92. The fourth-order valence-electron chi connectivity index (χ4n) is 3.26. The fraction of sp³-hybridized carbons (Fsp3) is 0.333. The smallest absolute Gasteiger partial charge is 0.323 e. The Morgan fingerprint density at radius 2 is 1.66 bits per heavy atom. The third-order valence-electron chi connectivity index (χ3n) is 5.08. The van der Waals surface area contributed by atoms with E-state index in [4.69, 9.17) is 0 Å². The third kappa shape index (κ3) is 4.37. The Bertz CT molecular complexity index is 928. The van der Waals surface area contributed by atoms with Crippen LogP contribution in [-0.2, 0) is 0 Å². The van der Waals surface area contributed by atoms with Gasteiger partial charge in [-0.3, -0.25) is 5.32 Å². The number of carbonyl (C=O) groups is 1. The number of urea groups is 1. The van der Waals surface area contributed by atoms with Gasteiger partial charge in [-0.05, 0) is 41.8 Å². The first-order chi connectivity index (χ1) is 14.1. The maximum absolute atomic E-state index is 12.5. The fourth-order valence-corrected chi connectivity index (χ4v) is 3.26. The summed E-state index contributed by atoms with van der Waals surface area (Å²) >= 11 is 0. The van der Waals surface area contributed by atoms with Gasteiger partial charge in [0, 0.05) is 44.8 Å². The second-order valence-corrected chi connectivity index (χ2v) is 7.38. The molecule has 0 spiro atoms. The number of amides is 2. The van der Waals surface area contributed by atoms with Crippen LogP contribution in [-0.4, -0.2) is 56.9 Å². The molecule has 1 aliphatic rings. The van der Waals surface area contributed by atoms with Crippen molar-refractivity contribution in [2.75, 3.05) is 36.4 Å². The van der Waals surface area contributed by atoms with E-state index in [1.165, 1.54) is 0 Å². The number of nitrogens with one attached hydrogen (secondary N) is 1. The molecule has 150 valence electrons. The summed E-state index contributed by atoms with van der Waals surface area (Å²) in [4.78, 5) is 20.8. The van der Waals surface area contributed by atoms with Crippen molar-refractivity contribution in [3.8, 4) is 5.82 Å². The van der Waals surface area contributed by atoms with Gasteiger partial charge in [0.05, 0.1) is 0 Å². The Kier molecular flexibility index (Phi) is 5.41. The zero-order chi connectivity index (χ0) is 20.2. The molecule has 2 amide bonds. The third-order valence-corrected chi connectivity index (χ3v) is 5.08. The van der Waals surface area contributed by atoms with E-state index in [-0.39, 0.29) is 6.03 Å². The Balaban J connectivity index is 1.31. The van der Waals surface area contributed by atoms with E-state index in [1.54, 1.807) is 4.90 Å². The Morgan fingerprint density at radius 3 is 2.24 bits per heavy atom. The van der Waals surface area contributed by atoms with Crippen LogP contribution < -0.4 is 10.2 Å². The molecule has 3 aromatic rings. The van der Waals surface area contributed by atoms with Crippen LogP contribution in [0.15, 0.2) is 55.0 Å². The van der Waals surface area contributed by atoms with Crippen LogP contribution in [0.25, 0.3) is 5.82 Å². The van der Waals surface area contributed by atoms with Crippen LogP contribution in [0.4, 0.5) is 16.4 Å². The summed E-state index contributed by atoms with van der Waals surface area (Å²) in [6.07, 6.45) is 5.69. The van der Waals surface area contributed by atoms with Gasteiger partial charge in [-0.1, -0.05) is 19.9 Å². The second-order valence-electron chi connectivity index (χ2n) is 7.38. The number of rotatable bonds is 4. The number of hydrogen-bond acceptors (Lipinski definition) is 5. The van der Waals surface area contributed by atoms with Gasteiger partial charge in [0.2, 0.25) is 0 Å². The number of nitrogens with zero attached hydrogens (tertiary/aromatic N) is 6. The number of aromatic nitrogens is 4. The normalized spacial score (nSPS) is 14.3. The van der Waals surface area contributed by atoms with Gasteiger partial charge < -0.3 is 14.4 Å². The zero-order valence-corrected chi connectivity index (χ0v) is 16.7. The molecule has 3 aromatic heterocycles. The SMILES string of the molecule is CC(C)c1ccc(NC(=O)N2CCN(c3ccc(-n4cccc4)nn3)CC2)nc1. The quantitative estimate of drug-likeness (QED) is 0.739. The Hall–Kier alpha value is -3.42. The molecule has 8 nitrogen and oxygen atoms in total. The van der Waals surface area contributed by atoms with E-state index >= 15 is 0 Å². The molecule has 4 rings (SSSR count). The summed E-state index contributed by atoms with van der Waals surface area (Å²) in [5, 5.41) is 11.5. The van der Waals surface area contributed by atoms with Gasteiger partial charge in [-0.15, -0.1) is 10.2 Å². The van der Waals surface area contributed by atoms with Crippen LogP contribution in [0.3, 0.4) is 0 Å². The standard InChI is InChI=1S/C21H25N7O/c1-16(2)17-5-6-18(22-15-17)23-21(29)28-13-11-27(12-14-28)20-8-7-19(24-25-20)26-9-3-4-10-26/h3-10,15-16H,11-14H2,1-2H3,(H,22,23,29). The predicted octanol–water partition coefficient (Wildman–Crippen LogP) is 3.14. The maximum Gasteiger partial charge on any atom is 0.323 e. The van der Waals surface area contributed by atoms with E-state index in [2.05, 4.69) is 39.2 Å². The molecule has 29 heavy (non-hydrogen) atoms. The molecule has 1 fully saturated rings. The maximum atomic E-state index is 12.5. The van der Waals surface area contributed by atoms with E-state index in [1.807, 2.05) is 59.6 Å². The van der Waals surface area contributed by atoms with Gasteiger partial charge in [0.1, 0.15) is 5.82 Å². The van der Waals surface area contributed by atoms with E-state index in [0.717, 1.165) is 17.2 Å². The minimum absolute atomic E-state index is 0.122. The first kappa shape index (κ1) is 18.9. The molecular weight excluding hydrogens is 366 g/mol. The van der Waals surface area contributed by atoms with Gasteiger partial charge >= 0.3 is 6.03 Å². The van der Waals surface area contributed by atoms with Crippen molar-refractivity contribution in [1.29, 1.82) is 0 Å². The highest BCUT2D eigenvalue weighted by molar-refractivity contribution is 5.88. The molecule has 4 heterocycles. The van der Waals surface area contributed by atoms with Crippen molar-refractivity contribution in [3.05, 3.63) is 60.6 Å². The first-order valence-corrected chi connectivity index (χ1v) is 9.84. The monoisotopic (exact) mass is 391 g/mol. The minimum atomic E-state index is -0.122. The van der Waals surface area contributed by atoms with Crippen molar-refractivity contribution in [2.24, 2.45) is 0 Å². The molecule has 0 unspecified atom stereocenters. The highest BCUT2D eigenvalue weighted by Gasteiger charge is 2.22. The number of pyridine rings is 1. The van der Waals surface area contributed by atoms with E-state index in [9.17, 15) is 4.79 Å². The predicted molar refractivity (Wildman–Crippen MR) is 112 cm³/mol. The number of hydrogen-bond donors (Lipinski definition) is 1. The molecule has 0 atom stereocenters. The lowest BCUT2D eigenvalue weighted by atomic mass is 10.1. The van der Waals surface area contributed by atoms with Crippen LogP contribution in [0.5, 0.6) is 0 Å². The largest absolute Gasteiger partial charge is 0.352 e. The zero-order valence-electron chi connectivity index (χ0n) is 16.7. The highest BCUT2D eigenvalue weighted by Crippen LogP contribution is 2.17. The molecule has 0 radical (unpaired) electrons. The summed E-state index contributed by atoms with van der Waals surface area (Å²) in [5.74, 6) is 2.61. The molecule has 0 aromatic carbocycles. The van der Waals surface area contributed by atoms with Gasteiger partial charge in [0.25, 0.3) is 0 Å². The number of piperazine rings is 1. The van der Waals surface area contributed by atoms with E-state index < -0.39 is 0 Å². The van der Waals surface area contributed by atoms with Crippen LogP contribution in [0, 0.1) is 0 Å². The molecule has 0 saturated carbocycles. The summed E-state index contributed by atoms with van der Waals surface area (Å²) in [6, 6.07) is 11.6. The average molecular weight is 391 g/mol. The van der Waals surface area contributed by atoms with Gasteiger partial charge in [0.15, 0.2) is 11.6 Å². The Morgan fingerprint density at radius 1 is 0.966 bits per heavy atom. The van der Waals surface area contributed by atoms with Crippen LogP contribution in [0.2, 0.25) is 0 Å². The molecule has 0 bridgehead atoms. The van der Waals surface area contributed by atoms with Crippen LogP contribution in [0.1, 0.15) is 25.3 Å². The molecule has 1 N–H and O–H groups in total. The molecule has 0 aliphatic carbocycles. The second kappa shape index (κ2) is 8.30. The lowest BCUT2D eigenvalue weighted by molar-refractivity contribution is 0.208. The first-order valence-electron chi connectivity index (χ1n) is 9.84. The summed E-state index contributed by atoms with van der Waals surface area (Å²) in [5.41, 5.74) is 1.15. The van der Waals surface area contributed by atoms with Crippen molar-refractivity contribution in [1.82, 2.24) is 24.6 Å². The van der Waals surface area contributed by atoms with Crippen molar-refractivity contribution >= 4 is 17.7 Å². The highest BCUT2D eigenvalue weighted by atomic mass is 16.2. The average Bonchev–Trinajstić information content (AvgIpc) is 3.29. The van der Waals surface area contributed by atoms with Crippen molar-refractivity contribution < 1.29 is 4.79 Å². The Labute approximate surface area is 170 Å². The number of carbonyl (C=O) groups excluding carboxylic acids is 1. The lowest BCUT2D eigenvalue weighted by Gasteiger charge is -2.35. The lowest BCUT2D eigenvalue weighted by Crippen LogP contribution is -2.50. The molecule has 8 heteroatoms. The minimum Gasteiger partial charge on any atom is -0.352 e. The molecule has 1 saturated heterocycles.